The lowest BCUT2D eigenvalue weighted by Gasteiger charge is -2.12. The van der Waals surface area contributed by atoms with Crippen molar-refractivity contribution < 1.29 is 4.74 Å². The predicted octanol–water partition coefficient (Wildman–Crippen LogP) is 1.81. The van der Waals surface area contributed by atoms with Crippen molar-refractivity contribution in [1.29, 1.82) is 0 Å². The number of nitrogens with one attached hydrogen (secondary N) is 1. The first-order valence-corrected chi connectivity index (χ1v) is 5.93. The second-order valence-corrected chi connectivity index (χ2v) is 3.84. The summed E-state index contributed by atoms with van der Waals surface area (Å²) in [5, 5.41) is 3.43. The van der Waals surface area contributed by atoms with Gasteiger partial charge in [-0.05, 0) is 26.8 Å². The third kappa shape index (κ3) is 4.57. The summed E-state index contributed by atoms with van der Waals surface area (Å²) in [5.41, 5.74) is 1.02. The summed E-state index contributed by atoms with van der Waals surface area (Å²) in [4.78, 5) is 8.28. The Morgan fingerprint density at radius 3 is 2.88 bits per heavy atom. The molecule has 0 bridgehead atoms. The van der Waals surface area contributed by atoms with Crippen molar-refractivity contribution in [1.82, 2.24) is 15.3 Å². The molecule has 1 atom stereocenters. The molecule has 0 aliphatic rings. The fourth-order valence-electron chi connectivity index (χ4n) is 1.49. The molecule has 0 aliphatic heterocycles. The molecule has 1 N–H and O–H groups in total. The molecule has 1 heterocycles. The highest BCUT2D eigenvalue weighted by molar-refractivity contribution is 5.14. The van der Waals surface area contributed by atoms with Crippen molar-refractivity contribution in [2.45, 2.75) is 39.7 Å². The summed E-state index contributed by atoms with van der Waals surface area (Å²) >= 11 is 0. The Labute approximate surface area is 97.5 Å². The summed E-state index contributed by atoms with van der Waals surface area (Å²) in [6.07, 6.45) is 3.62. The number of rotatable bonds is 7. The summed E-state index contributed by atoms with van der Waals surface area (Å²) < 4.78 is 5.34. The molecule has 1 unspecified atom stereocenters. The van der Waals surface area contributed by atoms with Crippen LogP contribution in [0.5, 0.6) is 5.88 Å². The Kier molecular flexibility index (Phi) is 5.78. The van der Waals surface area contributed by atoms with E-state index >= 15 is 0 Å². The van der Waals surface area contributed by atoms with Gasteiger partial charge in [0.25, 0.3) is 0 Å². The lowest BCUT2D eigenvalue weighted by molar-refractivity contribution is 0.325. The van der Waals surface area contributed by atoms with Crippen molar-refractivity contribution >= 4 is 0 Å². The monoisotopic (exact) mass is 223 g/mol. The molecular formula is C12H21N3O. The van der Waals surface area contributed by atoms with Crippen LogP contribution < -0.4 is 10.1 Å². The molecule has 0 radical (unpaired) electrons. The van der Waals surface area contributed by atoms with Crippen LogP contribution in [0.4, 0.5) is 0 Å². The SMILES string of the molecule is CCCNC(C)Cc1cc(OCC)ncn1. The minimum atomic E-state index is 0.435. The van der Waals surface area contributed by atoms with Crippen molar-refractivity contribution in [2.24, 2.45) is 0 Å². The molecule has 0 spiro atoms. The zero-order valence-electron chi connectivity index (χ0n) is 10.4. The number of nitrogens with zero attached hydrogens (tertiary/aromatic N) is 2. The first kappa shape index (κ1) is 12.9. The molecule has 0 fully saturated rings. The van der Waals surface area contributed by atoms with Crippen LogP contribution in [0.2, 0.25) is 0 Å². The molecule has 0 aromatic carbocycles. The van der Waals surface area contributed by atoms with Crippen LogP contribution in [0.25, 0.3) is 0 Å². The average Bonchev–Trinajstić information content (AvgIpc) is 2.27. The number of ether oxygens (including phenoxy) is 1. The van der Waals surface area contributed by atoms with Gasteiger partial charge >= 0.3 is 0 Å². The van der Waals surface area contributed by atoms with E-state index in [1.165, 1.54) is 0 Å². The van der Waals surface area contributed by atoms with E-state index in [0.717, 1.165) is 25.1 Å². The highest BCUT2D eigenvalue weighted by Gasteiger charge is 2.05. The normalized spacial score (nSPS) is 12.4. The third-order valence-corrected chi connectivity index (χ3v) is 2.25. The maximum absolute atomic E-state index is 5.34. The zero-order valence-corrected chi connectivity index (χ0v) is 10.4. The third-order valence-electron chi connectivity index (χ3n) is 2.25. The van der Waals surface area contributed by atoms with E-state index in [1.54, 1.807) is 6.33 Å². The Bertz CT molecular complexity index is 304. The Morgan fingerprint density at radius 2 is 2.19 bits per heavy atom. The van der Waals surface area contributed by atoms with Gasteiger partial charge in [0.05, 0.1) is 6.61 Å². The van der Waals surface area contributed by atoms with E-state index in [4.69, 9.17) is 4.74 Å². The van der Waals surface area contributed by atoms with Crippen LogP contribution >= 0.6 is 0 Å². The van der Waals surface area contributed by atoms with E-state index in [0.29, 0.717) is 18.5 Å². The maximum atomic E-state index is 5.34. The predicted molar refractivity (Wildman–Crippen MR) is 64.7 cm³/mol. The number of hydrogen-bond acceptors (Lipinski definition) is 4. The van der Waals surface area contributed by atoms with Crippen molar-refractivity contribution in [3.8, 4) is 5.88 Å². The minimum Gasteiger partial charge on any atom is -0.478 e. The van der Waals surface area contributed by atoms with Crippen LogP contribution in [0.1, 0.15) is 32.9 Å². The van der Waals surface area contributed by atoms with Gasteiger partial charge in [-0.1, -0.05) is 6.92 Å². The van der Waals surface area contributed by atoms with Crippen molar-refractivity contribution in [3.63, 3.8) is 0 Å². The molecule has 0 saturated carbocycles. The molecule has 90 valence electrons. The Hall–Kier alpha value is -1.16. The Balaban J connectivity index is 2.49. The molecule has 0 amide bonds. The smallest absolute Gasteiger partial charge is 0.216 e. The topological polar surface area (TPSA) is 47.0 Å². The molecule has 16 heavy (non-hydrogen) atoms. The van der Waals surface area contributed by atoms with Gasteiger partial charge in [0.2, 0.25) is 5.88 Å². The summed E-state index contributed by atoms with van der Waals surface area (Å²) in [7, 11) is 0. The standard InChI is InChI=1S/C12H21N3O/c1-4-6-13-10(3)7-11-8-12(16-5-2)15-9-14-11/h8-10,13H,4-7H2,1-3H3. The highest BCUT2D eigenvalue weighted by atomic mass is 16.5. The fourth-order valence-corrected chi connectivity index (χ4v) is 1.49. The highest BCUT2D eigenvalue weighted by Crippen LogP contribution is 2.08. The van der Waals surface area contributed by atoms with E-state index in [1.807, 2.05) is 13.0 Å². The van der Waals surface area contributed by atoms with Crippen LogP contribution in [0.15, 0.2) is 12.4 Å². The number of aromatic nitrogens is 2. The van der Waals surface area contributed by atoms with Gasteiger partial charge in [-0.3, -0.25) is 0 Å². The zero-order chi connectivity index (χ0) is 11.8. The van der Waals surface area contributed by atoms with Crippen molar-refractivity contribution in [3.05, 3.63) is 18.1 Å². The first-order valence-electron chi connectivity index (χ1n) is 5.93. The van der Waals surface area contributed by atoms with Crippen molar-refractivity contribution in [2.75, 3.05) is 13.2 Å². The van der Waals surface area contributed by atoms with E-state index in [9.17, 15) is 0 Å². The van der Waals surface area contributed by atoms with Gasteiger partial charge in [-0.2, -0.15) is 0 Å². The lowest BCUT2D eigenvalue weighted by atomic mass is 10.2. The molecule has 4 nitrogen and oxygen atoms in total. The van der Waals surface area contributed by atoms with Gasteiger partial charge in [0.1, 0.15) is 6.33 Å². The maximum Gasteiger partial charge on any atom is 0.216 e. The van der Waals surface area contributed by atoms with Crippen LogP contribution in [0, 0.1) is 0 Å². The second kappa shape index (κ2) is 7.17. The van der Waals surface area contributed by atoms with Gasteiger partial charge < -0.3 is 10.1 Å². The van der Waals surface area contributed by atoms with Gasteiger partial charge in [0, 0.05) is 24.2 Å². The summed E-state index contributed by atoms with van der Waals surface area (Å²) in [5.74, 6) is 0.662. The molecule has 1 aromatic rings. The van der Waals surface area contributed by atoms with Gasteiger partial charge in [-0.25, -0.2) is 9.97 Å². The summed E-state index contributed by atoms with van der Waals surface area (Å²) in [6, 6.07) is 2.34. The molecule has 0 saturated heterocycles. The molecule has 1 aromatic heterocycles. The molecule has 1 rings (SSSR count). The van der Waals surface area contributed by atoms with E-state index in [-0.39, 0.29) is 0 Å². The first-order chi connectivity index (χ1) is 7.76. The van der Waals surface area contributed by atoms with Crippen LogP contribution in [-0.2, 0) is 6.42 Å². The quantitative estimate of drug-likeness (QED) is 0.765. The van der Waals surface area contributed by atoms with Crippen LogP contribution in [0.3, 0.4) is 0 Å². The van der Waals surface area contributed by atoms with Crippen LogP contribution in [-0.4, -0.2) is 29.2 Å². The van der Waals surface area contributed by atoms with E-state index in [2.05, 4.69) is 29.1 Å². The minimum absolute atomic E-state index is 0.435. The number of hydrogen-bond donors (Lipinski definition) is 1. The molecule has 4 heteroatoms. The van der Waals surface area contributed by atoms with Gasteiger partial charge in [-0.15, -0.1) is 0 Å². The average molecular weight is 223 g/mol. The second-order valence-electron chi connectivity index (χ2n) is 3.84. The van der Waals surface area contributed by atoms with E-state index < -0.39 is 0 Å². The van der Waals surface area contributed by atoms with Gasteiger partial charge in [0.15, 0.2) is 0 Å². The Morgan fingerprint density at radius 1 is 1.38 bits per heavy atom. The lowest BCUT2D eigenvalue weighted by Crippen LogP contribution is -2.28. The summed E-state index contributed by atoms with van der Waals surface area (Å²) in [6.45, 7) is 7.97. The molecular weight excluding hydrogens is 202 g/mol. The molecule has 0 aliphatic carbocycles. The fraction of sp³-hybridized carbons (Fsp3) is 0.667. The largest absolute Gasteiger partial charge is 0.478 e.